The fourth-order valence-corrected chi connectivity index (χ4v) is 4.18. The summed E-state index contributed by atoms with van der Waals surface area (Å²) in [6.07, 6.45) is -5.00. The highest BCUT2D eigenvalue weighted by Crippen LogP contribution is 2.51. The number of hydrogen-bond donors (Lipinski definition) is 1. The monoisotopic (exact) mass is 617 g/mol. The first-order valence-corrected chi connectivity index (χ1v) is 12.2. The molecule has 0 saturated heterocycles. The minimum absolute atomic E-state index is 0.0291. The molecule has 0 aliphatic heterocycles. The number of Topliss-reactive ketones (excluding diaryl/α,β-unsaturated/α-hetero) is 1. The van der Waals surface area contributed by atoms with Crippen molar-refractivity contribution in [3.05, 3.63) is 81.5 Å². The van der Waals surface area contributed by atoms with Crippen molar-refractivity contribution < 1.29 is 40.3 Å². The summed E-state index contributed by atoms with van der Waals surface area (Å²) in [6, 6.07) is 7.43. The van der Waals surface area contributed by atoms with E-state index in [2.05, 4.69) is 25.7 Å². The fourth-order valence-electron chi connectivity index (χ4n) is 3.98. The fraction of sp³-hybridized carbons (Fsp3) is 0.280. The summed E-state index contributed by atoms with van der Waals surface area (Å²) in [5, 5.41) is 12.9. The number of nitrogens with one attached hydrogen (secondary N) is 1. The average Bonchev–Trinajstić information content (AvgIpc) is 3.53. The number of carbonyl (C=O) groups is 2. The van der Waals surface area contributed by atoms with Gasteiger partial charge < -0.3 is 5.32 Å². The predicted octanol–water partition coefficient (Wildman–Crippen LogP) is 5.92. The third-order valence-corrected chi connectivity index (χ3v) is 6.26. The number of anilines is 1. The van der Waals surface area contributed by atoms with Crippen molar-refractivity contribution in [2.24, 2.45) is 0 Å². The van der Waals surface area contributed by atoms with Crippen LogP contribution in [0.15, 0.2) is 42.7 Å². The number of alkyl halides is 7. The Morgan fingerprint density at radius 2 is 1.74 bits per heavy atom. The van der Waals surface area contributed by atoms with Crippen molar-refractivity contribution in [1.82, 2.24) is 29.8 Å². The maximum atomic E-state index is 14.1. The first-order valence-electron chi connectivity index (χ1n) is 11.8. The van der Waals surface area contributed by atoms with E-state index in [4.69, 9.17) is 11.6 Å². The molecule has 4 rings (SSSR count). The molecule has 0 aliphatic rings. The molecule has 4 aromatic rings. The van der Waals surface area contributed by atoms with Gasteiger partial charge >= 0.3 is 18.0 Å². The van der Waals surface area contributed by atoms with Crippen LogP contribution in [0.5, 0.6) is 0 Å². The standard InChI is InChI=1S/C25H19ClF7N7O2/c1-12-7-13(2)20(16(8-12)14(3)41)35-22(42)18-9-15(37-40(18)21-17(26)5-4-6-34-21)10-39-11-19(36-38-39)23(27,28)24(29,30)25(31,32)33/h4-9,11H,10H2,1-3H3,(H,35,42). The Kier molecular flexibility index (Phi) is 7.88. The number of aromatic nitrogens is 6. The van der Waals surface area contributed by atoms with E-state index in [1.165, 1.54) is 31.3 Å². The zero-order chi connectivity index (χ0) is 31.2. The molecule has 222 valence electrons. The molecule has 1 N–H and O–H groups in total. The molecule has 1 aromatic carbocycles. The van der Waals surface area contributed by atoms with Crippen molar-refractivity contribution >= 4 is 29.0 Å². The zero-order valence-corrected chi connectivity index (χ0v) is 22.5. The van der Waals surface area contributed by atoms with Crippen LogP contribution in [0.4, 0.5) is 36.4 Å². The van der Waals surface area contributed by atoms with Gasteiger partial charge in [0.2, 0.25) is 0 Å². The van der Waals surface area contributed by atoms with Crippen molar-refractivity contribution in [1.29, 1.82) is 0 Å². The van der Waals surface area contributed by atoms with Gasteiger partial charge in [0, 0.05) is 11.8 Å². The number of amides is 1. The highest BCUT2D eigenvalue weighted by Gasteiger charge is 2.74. The number of halogens is 8. The zero-order valence-electron chi connectivity index (χ0n) is 21.8. The Balaban J connectivity index is 1.73. The maximum absolute atomic E-state index is 14.1. The van der Waals surface area contributed by atoms with Crippen molar-refractivity contribution in [3.63, 3.8) is 0 Å². The molecular formula is C25H19ClF7N7O2. The molecule has 42 heavy (non-hydrogen) atoms. The number of rotatable bonds is 8. The number of ketones is 1. The van der Waals surface area contributed by atoms with E-state index in [9.17, 15) is 40.3 Å². The van der Waals surface area contributed by atoms with Crippen molar-refractivity contribution in [2.45, 2.75) is 45.3 Å². The van der Waals surface area contributed by atoms with Gasteiger partial charge in [0.05, 0.1) is 29.1 Å². The highest BCUT2D eigenvalue weighted by atomic mass is 35.5. The lowest BCUT2D eigenvalue weighted by atomic mass is 10.0. The van der Waals surface area contributed by atoms with Crippen LogP contribution in [0.1, 0.15) is 50.3 Å². The van der Waals surface area contributed by atoms with Gasteiger partial charge in [-0.1, -0.05) is 22.9 Å². The first kappa shape index (κ1) is 30.6. The summed E-state index contributed by atoms with van der Waals surface area (Å²) in [4.78, 5) is 29.8. The van der Waals surface area contributed by atoms with Crippen molar-refractivity contribution in [3.8, 4) is 5.82 Å². The van der Waals surface area contributed by atoms with Crippen LogP contribution in [0.25, 0.3) is 5.82 Å². The van der Waals surface area contributed by atoms with E-state index in [1.54, 1.807) is 26.0 Å². The molecule has 0 fully saturated rings. The Hall–Kier alpha value is -4.34. The quantitative estimate of drug-likeness (QED) is 0.194. The second kappa shape index (κ2) is 10.8. The Morgan fingerprint density at radius 3 is 2.36 bits per heavy atom. The van der Waals surface area contributed by atoms with Crippen molar-refractivity contribution in [2.75, 3.05) is 5.32 Å². The molecule has 0 unspecified atom stereocenters. The van der Waals surface area contributed by atoms with Gasteiger partial charge in [0.25, 0.3) is 5.91 Å². The summed E-state index contributed by atoms with van der Waals surface area (Å²) >= 11 is 6.23. The smallest absolute Gasteiger partial charge is 0.320 e. The third-order valence-electron chi connectivity index (χ3n) is 5.96. The van der Waals surface area contributed by atoms with Gasteiger partial charge in [-0.25, -0.2) is 14.3 Å². The maximum Gasteiger partial charge on any atom is 0.460 e. The topological polar surface area (TPSA) is 108 Å². The Bertz CT molecular complexity index is 1680. The van der Waals surface area contributed by atoms with Gasteiger partial charge in [0.15, 0.2) is 17.3 Å². The van der Waals surface area contributed by atoms with Gasteiger partial charge in [-0.2, -0.15) is 35.8 Å². The minimum atomic E-state index is -6.55. The normalized spacial score (nSPS) is 12.5. The van der Waals surface area contributed by atoms with Gasteiger partial charge in [0.1, 0.15) is 5.69 Å². The number of pyridine rings is 1. The first-order chi connectivity index (χ1) is 19.4. The third kappa shape index (κ3) is 5.57. The molecule has 0 spiro atoms. The molecule has 1 amide bonds. The van der Waals surface area contributed by atoms with E-state index in [1.807, 2.05) is 0 Å². The Morgan fingerprint density at radius 1 is 1.05 bits per heavy atom. The number of carbonyl (C=O) groups excluding carboxylic acids is 2. The summed E-state index contributed by atoms with van der Waals surface area (Å²) < 4.78 is 94.4. The predicted molar refractivity (Wildman–Crippen MR) is 134 cm³/mol. The van der Waals surface area contributed by atoms with Crippen LogP contribution in [0.3, 0.4) is 0 Å². The van der Waals surface area contributed by atoms with Crippen LogP contribution in [-0.2, 0) is 12.5 Å². The van der Waals surface area contributed by atoms with E-state index in [0.717, 1.165) is 10.2 Å². The number of nitrogens with zero attached hydrogens (tertiary/aromatic N) is 6. The van der Waals surface area contributed by atoms with E-state index < -0.39 is 36.2 Å². The summed E-state index contributed by atoms with van der Waals surface area (Å²) in [6.45, 7) is 4.18. The SMILES string of the molecule is CC(=O)c1cc(C)cc(C)c1NC(=O)c1cc(Cn2cc(C(F)(F)C(F)(F)C(F)(F)F)nn2)nn1-c1ncccc1Cl. The van der Waals surface area contributed by atoms with Gasteiger partial charge in [-0.3, -0.25) is 9.59 Å². The molecular weight excluding hydrogens is 599 g/mol. The summed E-state index contributed by atoms with van der Waals surface area (Å²) in [5.41, 5.74) is -0.424. The molecule has 3 aromatic heterocycles. The number of aryl methyl sites for hydroxylation is 2. The number of hydrogen-bond acceptors (Lipinski definition) is 6. The summed E-state index contributed by atoms with van der Waals surface area (Å²) in [5.74, 6) is -13.3. The summed E-state index contributed by atoms with van der Waals surface area (Å²) in [7, 11) is 0. The van der Waals surface area contributed by atoms with E-state index >= 15 is 0 Å². The Labute approximate surface area is 237 Å². The molecule has 17 heteroatoms. The van der Waals surface area contributed by atoms with Crippen LogP contribution < -0.4 is 5.32 Å². The molecule has 9 nitrogen and oxygen atoms in total. The lowest BCUT2D eigenvalue weighted by molar-refractivity contribution is -0.360. The van der Waals surface area contributed by atoms with Crippen LogP contribution in [-0.4, -0.2) is 53.5 Å². The second-order valence-electron chi connectivity index (χ2n) is 9.20. The lowest BCUT2D eigenvalue weighted by Crippen LogP contribution is -2.50. The largest absolute Gasteiger partial charge is 0.460 e. The minimum Gasteiger partial charge on any atom is -0.320 e. The second-order valence-corrected chi connectivity index (χ2v) is 9.61. The van der Waals surface area contributed by atoms with Crippen LogP contribution >= 0.6 is 11.6 Å². The van der Waals surface area contributed by atoms with Crippen LogP contribution in [0.2, 0.25) is 5.02 Å². The highest BCUT2D eigenvalue weighted by molar-refractivity contribution is 6.32. The van der Waals surface area contributed by atoms with E-state index in [-0.39, 0.29) is 45.5 Å². The molecule has 0 aliphatic carbocycles. The van der Waals surface area contributed by atoms with E-state index in [0.29, 0.717) is 10.2 Å². The number of benzene rings is 1. The molecule has 0 bridgehead atoms. The van der Waals surface area contributed by atoms with Crippen LogP contribution in [0, 0.1) is 13.8 Å². The molecule has 0 radical (unpaired) electrons. The lowest BCUT2D eigenvalue weighted by Gasteiger charge is -2.26. The molecule has 0 atom stereocenters. The van der Waals surface area contributed by atoms with Gasteiger partial charge in [-0.15, -0.1) is 5.10 Å². The average molecular weight is 618 g/mol. The van der Waals surface area contributed by atoms with Gasteiger partial charge in [-0.05, 0) is 56.2 Å². The molecule has 3 heterocycles. The molecule has 0 saturated carbocycles.